The molecule has 2 atom stereocenters. The van der Waals surface area contributed by atoms with Crippen molar-refractivity contribution in [1.82, 2.24) is 15.3 Å². The summed E-state index contributed by atoms with van der Waals surface area (Å²) in [5.41, 5.74) is 1.62. The van der Waals surface area contributed by atoms with Gasteiger partial charge in [-0.1, -0.05) is 32.3 Å². The molecule has 2 heterocycles. The number of pyridine rings is 1. The normalized spacial score (nSPS) is 20.2. The Bertz CT molecular complexity index is 683. The summed E-state index contributed by atoms with van der Waals surface area (Å²) in [7, 11) is 0. The predicted molar refractivity (Wildman–Crippen MR) is 98.2 cm³/mol. The minimum absolute atomic E-state index is 0.0283. The van der Waals surface area contributed by atoms with Gasteiger partial charge in [0.05, 0.1) is 11.4 Å². The van der Waals surface area contributed by atoms with Gasteiger partial charge in [0.25, 0.3) is 5.91 Å². The summed E-state index contributed by atoms with van der Waals surface area (Å²) in [4.78, 5) is 22.3. The number of rotatable bonds is 6. The van der Waals surface area contributed by atoms with Crippen molar-refractivity contribution >= 4 is 17.2 Å². The van der Waals surface area contributed by atoms with Gasteiger partial charge in [-0.05, 0) is 44.2 Å². The first-order chi connectivity index (χ1) is 11.7. The SMILES string of the molecule is CCCCC1CCCC1NC(=O)c1sc(-c2ccccn2)nc1C. The van der Waals surface area contributed by atoms with E-state index in [2.05, 4.69) is 22.2 Å². The number of aromatic nitrogens is 2. The number of carbonyl (C=O) groups excluding carboxylic acids is 1. The highest BCUT2D eigenvalue weighted by Crippen LogP contribution is 2.31. The molecule has 3 rings (SSSR count). The minimum Gasteiger partial charge on any atom is -0.348 e. The van der Waals surface area contributed by atoms with Crippen LogP contribution in [0.3, 0.4) is 0 Å². The molecule has 0 spiro atoms. The zero-order valence-corrected chi connectivity index (χ0v) is 15.2. The van der Waals surface area contributed by atoms with Gasteiger partial charge in [-0.3, -0.25) is 9.78 Å². The van der Waals surface area contributed by atoms with Crippen molar-refractivity contribution in [1.29, 1.82) is 0 Å². The molecule has 24 heavy (non-hydrogen) atoms. The first kappa shape index (κ1) is 17.1. The van der Waals surface area contributed by atoms with Crippen molar-refractivity contribution in [2.75, 3.05) is 0 Å². The van der Waals surface area contributed by atoms with E-state index < -0.39 is 0 Å². The quantitative estimate of drug-likeness (QED) is 0.834. The molecule has 1 aliphatic carbocycles. The molecule has 0 aromatic carbocycles. The van der Waals surface area contributed by atoms with Gasteiger partial charge in [0, 0.05) is 12.2 Å². The Morgan fingerprint density at radius 2 is 2.25 bits per heavy atom. The lowest BCUT2D eigenvalue weighted by molar-refractivity contribution is 0.0930. The third-order valence-electron chi connectivity index (χ3n) is 4.79. The predicted octanol–water partition coefficient (Wildman–Crippen LogP) is 4.60. The van der Waals surface area contributed by atoms with E-state index >= 15 is 0 Å². The number of amides is 1. The van der Waals surface area contributed by atoms with Gasteiger partial charge >= 0.3 is 0 Å². The topological polar surface area (TPSA) is 54.9 Å². The second-order valence-corrected chi connectivity index (χ2v) is 7.56. The monoisotopic (exact) mass is 343 g/mol. The summed E-state index contributed by atoms with van der Waals surface area (Å²) in [5, 5.41) is 4.08. The number of aryl methyl sites for hydroxylation is 1. The molecule has 2 aromatic heterocycles. The van der Waals surface area contributed by atoms with E-state index in [0.717, 1.165) is 27.7 Å². The summed E-state index contributed by atoms with van der Waals surface area (Å²) in [6.45, 7) is 4.13. The Morgan fingerprint density at radius 3 is 3.00 bits per heavy atom. The maximum Gasteiger partial charge on any atom is 0.263 e. The van der Waals surface area contributed by atoms with Gasteiger partial charge in [0.15, 0.2) is 0 Å². The molecule has 1 amide bonds. The Balaban J connectivity index is 1.70. The summed E-state index contributed by atoms with van der Waals surface area (Å²) < 4.78 is 0. The fraction of sp³-hybridized carbons (Fsp3) is 0.526. The van der Waals surface area contributed by atoms with Crippen molar-refractivity contribution in [3.8, 4) is 10.7 Å². The molecule has 0 saturated heterocycles. The van der Waals surface area contributed by atoms with Crippen LogP contribution in [0.5, 0.6) is 0 Å². The van der Waals surface area contributed by atoms with Crippen LogP contribution in [0.15, 0.2) is 24.4 Å². The van der Waals surface area contributed by atoms with Crippen LogP contribution in [-0.4, -0.2) is 21.9 Å². The molecule has 1 fully saturated rings. The number of nitrogens with one attached hydrogen (secondary N) is 1. The first-order valence-corrected chi connectivity index (χ1v) is 9.70. The molecule has 4 nitrogen and oxygen atoms in total. The number of carbonyl (C=O) groups is 1. The minimum atomic E-state index is 0.0283. The van der Waals surface area contributed by atoms with Crippen LogP contribution >= 0.6 is 11.3 Å². The molecule has 0 radical (unpaired) electrons. The van der Waals surface area contributed by atoms with Crippen LogP contribution in [0.4, 0.5) is 0 Å². The Hall–Kier alpha value is -1.75. The molecule has 5 heteroatoms. The molecule has 1 N–H and O–H groups in total. The molecule has 128 valence electrons. The van der Waals surface area contributed by atoms with Crippen LogP contribution in [0, 0.1) is 12.8 Å². The Kier molecular flexibility index (Phi) is 5.61. The van der Waals surface area contributed by atoms with Crippen LogP contribution in [0.1, 0.15) is 60.8 Å². The van der Waals surface area contributed by atoms with Crippen LogP contribution in [-0.2, 0) is 0 Å². The van der Waals surface area contributed by atoms with E-state index in [4.69, 9.17) is 0 Å². The maximum atomic E-state index is 12.7. The van der Waals surface area contributed by atoms with Crippen molar-refractivity contribution in [2.24, 2.45) is 5.92 Å². The lowest BCUT2D eigenvalue weighted by Crippen LogP contribution is -2.37. The fourth-order valence-electron chi connectivity index (χ4n) is 3.48. The van der Waals surface area contributed by atoms with Crippen LogP contribution in [0.2, 0.25) is 0 Å². The number of hydrogen-bond donors (Lipinski definition) is 1. The summed E-state index contributed by atoms with van der Waals surface area (Å²) in [6, 6.07) is 6.07. The van der Waals surface area contributed by atoms with Crippen molar-refractivity contribution in [3.05, 3.63) is 35.0 Å². The second-order valence-electron chi connectivity index (χ2n) is 6.56. The Labute approximate surface area is 147 Å². The highest BCUT2D eigenvalue weighted by Gasteiger charge is 2.29. The lowest BCUT2D eigenvalue weighted by Gasteiger charge is -2.20. The second kappa shape index (κ2) is 7.88. The smallest absolute Gasteiger partial charge is 0.263 e. The Morgan fingerprint density at radius 1 is 1.38 bits per heavy atom. The summed E-state index contributed by atoms with van der Waals surface area (Å²) >= 11 is 1.44. The maximum absolute atomic E-state index is 12.7. The molecule has 2 aromatic rings. The summed E-state index contributed by atoms with van der Waals surface area (Å²) in [6.07, 6.45) is 9.01. The highest BCUT2D eigenvalue weighted by atomic mass is 32.1. The average molecular weight is 343 g/mol. The zero-order valence-electron chi connectivity index (χ0n) is 14.4. The molecule has 2 unspecified atom stereocenters. The molecule has 1 saturated carbocycles. The fourth-order valence-corrected chi connectivity index (χ4v) is 4.42. The van der Waals surface area contributed by atoms with E-state index in [0.29, 0.717) is 12.0 Å². The van der Waals surface area contributed by atoms with E-state index in [1.54, 1.807) is 6.20 Å². The van der Waals surface area contributed by atoms with E-state index in [9.17, 15) is 4.79 Å². The summed E-state index contributed by atoms with van der Waals surface area (Å²) in [5.74, 6) is 0.665. The van der Waals surface area contributed by atoms with E-state index in [1.165, 1.54) is 43.4 Å². The standard InChI is InChI=1S/C19H25N3OS/c1-3-4-8-14-9-7-11-15(14)22-18(23)17-13(2)21-19(24-17)16-10-5-6-12-20-16/h5-6,10,12,14-15H,3-4,7-9,11H2,1-2H3,(H,22,23). The number of unbranched alkanes of at least 4 members (excludes halogenated alkanes) is 1. The number of nitrogens with zero attached hydrogens (tertiary/aromatic N) is 2. The molecular weight excluding hydrogens is 318 g/mol. The lowest BCUT2D eigenvalue weighted by atomic mass is 9.97. The zero-order chi connectivity index (χ0) is 16.9. The number of hydrogen-bond acceptors (Lipinski definition) is 4. The average Bonchev–Trinajstić information content (AvgIpc) is 3.20. The van der Waals surface area contributed by atoms with Crippen molar-refractivity contribution in [2.45, 2.75) is 58.4 Å². The van der Waals surface area contributed by atoms with Gasteiger partial charge in [-0.2, -0.15) is 0 Å². The van der Waals surface area contributed by atoms with E-state index in [1.807, 2.05) is 25.1 Å². The van der Waals surface area contributed by atoms with Crippen molar-refractivity contribution in [3.63, 3.8) is 0 Å². The molecule has 0 aliphatic heterocycles. The first-order valence-electron chi connectivity index (χ1n) is 8.88. The van der Waals surface area contributed by atoms with Gasteiger partial charge in [0.2, 0.25) is 0 Å². The largest absolute Gasteiger partial charge is 0.348 e. The molecule has 0 bridgehead atoms. The van der Waals surface area contributed by atoms with Crippen LogP contribution in [0.25, 0.3) is 10.7 Å². The molecular formula is C19H25N3OS. The van der Waals surface area contributed by atoms with Crippen molar-refractivity contribution < 1.29 is 4.79 Å². The number of thiazole rings is 1. The van der Waals surface area contributed by atoms with Gasteiger partial charge in [-0.25, -0.2) is 4.98 Å². The van der Waals surface area contributed by atoms with Gasteiger partial charge in [0.1, 0.15) is 9.88 Å². The van der Waals surface area contributed by atoms with Gasteiger partial charge in [-0.15, -0.1) is 11.3 Å². The van der Waals surface area contributed by atoms with Gasteiger partial charge < -0.3 is 5.32 Å². The third-order valence-corrected chi connectivity index (χ3v) is 5.97. The highest BCUT2D eigenvalue weighted by molar-refractivity contribution is 7.17. The molecule has 1 aliphatic rings. The van der Waals surface area contributed by atoms with Crippen LogP contribution < -0.4 is 5.32 Å². The van der Waals surface area contributed by atoms with E-state index in [-0.39, 0.29) is 5.91 Å². The third kappa shape index (κ3) is 3.83.